The molecule has 0 saturated carbocycles. The van der Waals surface area contributed by atoms with Crippen LogP contribution in [0.3, 0.4) is 0 Å². The van der Waals surface area contributed by atoms with Crippen molar-refractivity contribution in [3.8, 4) is 0 Å². The Morgan fingerprint density at radius 2 is 1.42 bits per heavy atom. The third-order valence-electron chi connectivity index (χ3n) is 2.75. The van der Waals surface area contributed by atoms with Crippen LogP contribution in [0.4, 0.5) is 11.4 Å². The van der Waals surface area contributed by atoms with E-state index in [1.807, 2.05) is 0 Å². The van der Waals surface area contributed by atoms with Gasteiger partial charge in [-0.1, -0.05) is 6.07 Å². The van der Waals surface area contributed by atoms with Gasteiger partial charge in [-0.2, -0.15) is 0 Å². The molecule has 0 aliphatic rings. The Morgan fingerprint density at radius 3 is 1.95 bits per heavy atom. The highest BCUT2D eigenvalue weighted by molar-refractivity contribution is 6.10. The predicted octanol–water partition coefficient (Wildman–Crippen LogP) is 1.18. The van der Waals surface area contributed by atoms with E-state index in [0.29, 0.717) is 16.8 Å². The summed E-state index contributed by atoms with van der Waals surface area (Å²) in [6.45, 7) is 0. The van der Waals surface area contributed by atoms with E-state index in [-0.39, 0.29) is 17.0 Å². The summed E-state index contributed by atoms with van der Waals surface area (Å²) in [5.74, 6) is -0.813. The van der Waals surface area contributed by atoms with Gasteiger partial charge in [0.05, 0.1) is 5.56 Å². The highest BCUT2D eigenvalue weighted by Gasteiger charge is 2.12. The van der Waals surface area contributed by atoms with Crippen molar-refractivity contribution in [2.75, 3.05) is 11.5 Å². The van der Waals surface area contributed by atoms with Crippen molar-refractivity contribution in [2.45, 2.75) is 0 Å². The standard InChI is InChI=1S/C14H13N3O2/c15-10-4-1-8(2-5-10)13(18)9-3-6-11(14(17)19)12(16)7-9/h1-7H,15-16H2,(H2,17,19). The van der Waals surface area contributed by atoms with Crippen molar-refractivity contribution in [3.05, 3.63) is 59.2 Å². The van der Waals surface area contributed by atoms with Crippen LogP contribution in [0.1, 0.15) is 26.3 Å². The van der Waals surface area contributed by atoms with Gasteiger partial charge in [0.25, 0.3) is 5.91 Å². The fourth-order valence-electron chi connectivity index (χ4n) is 1.73. The highest BCUT2D eigenvalue weighted by atomic mass is 16.1. The lowest BCUT2D eigenvalue weighted by molar-refractivity contribution is 0.0997. The van der Waals surface area contributed by atoms with Crippen LogP contribution in [0, 0.1) is 0 Å². The molecule has 0 bridgehead atoms. The number of benzene rings is 2. The van der Waals surface area contributed by atoms with Gasteiger partial charge in [0.15, 0.2) is 5.78 Å². The average Bonchev–Trinajstić information content (AvgIpc) is 2.38. The Labute approximate surface area is 110 Å². The molecule has 5 heteroatoms. The SMILES string of the molecule is NC(=O)c1ccc(C(=O)c2ccc(N)cc2)cc1N. The maximum absolute atomic E-state index is 12.2. The van der Waals surface area contributed by atoms with Gasteiger partial charge >= 0.3 is 0 Å². The summed E-state index contributed by atoms with van der Waals surface area (Å²) in [5, 5.41) is 0. The number of anilines is 2. The van der Waals surface area contributed by atoms with Crippen LogP contribution in [0.5, 0.6) is 0 Å². The molecule has 0 heterocycles. The topological polar surface area (TPSA) is 112 Å². The van der Waals surface area contributed by atoms with Crippen molar-refractivity contribution in [3.63, 3.8) is 0 Å². The molecule has 0 aliphatic carbocycles. The number of hydrogen-bond donors (Lipinski definition) is 3. The summed E-state index contributed by atoms with van der Waals surface area (Å²) in [7, 11) is 0. The Hall–Kier alpha value is -2.82. The minimum absolute atomic E-state index is 0.189. The third-order valence-corrected chi connectivity index (χ3v) is 2.75. The summed E-state index contributed by atoms with van der Waals surface area (Å²) in [6.07, 6.45) is 0. The van der Waals surface area contributed by atoms with Crippen LogP contribution in [0.25, 0.3) is 0 Å². The molecule has 6 N–H and O–H groups in total. The van der Waals surface area contributed by atoms with Gasteiger partial charge in [-0.3, -0.25) is 9.59 Å². The van der Waals surface area contributed by atoms with Crippen molar-refractivity contribution in [2.24, 2.45) is 5.73 Å². The molecule has 0 radical (unpaired) electrons. The van der Waals surface area contributed by atoms with E-state index in [2.05, 4.69) is 0 Å². The van der Waals surface area contributed by atoms with Crippen LogP contribution in [-0.2, 0) is 0 Å². The maximum Gasteiger partial charge on any atom is 0.250 e. The van der Waals surface area contributed by atoms with E-state index in [1.165, 1.54) is 18.2 Å². The predicted molar refractivity (Wildman–Crippen MR) is 73.7 cm³/mol. The zero-order valence-corrected chi connectivity index (χ0v) is 10.1. The Kier molecular flexibility index (Phi) is 3.20. The van der Waals surface area contributed by atoms with Crippen LogP contribution in [-0.4, -0.2) is 11.7 Å². The van der Waals surface area contributed by atoms with E-state index in [9.17, 15) is 9.59 Å². The third kappa shape index (κ3) is 2.55. The quantitative estimate of drug-likeness (QED) is 0.564. The number of ketones is 1. The van der Waals surface area contributed by atoms with E-state index >= 15 is 0 Å². The number of carbonyl (C=O) groups excluding carboxylic acids is 2. The van der Waals surface area contributed by atoms with Gasteiger partial charge in [-0.25, -0.2) is 0 Å². The number of nitrogen functional groups attached to an aromatic ring is 2. The second-order valence-electron chi connectivity index (χ2n) is 4.12. The number of nitrogens with two attached hydrogens (primary N) is 3. The molecule has 5 nitrogen and oxygen atoms in total. The number of hydrogen-bond acceptors (Lipinski definition) is 4. The van der Waals surface area contributed by atoms with Gasteiger partial charge in [-0.05, 0) is 36.4 Å². The minimum Gasteiger partial charge on any atom is -0.399 e. The van der Waals surface area contributed by atoms with E-state index < -0.39 is 5.91 Å². The van der Waals surface area contributed by atoms with Crippen molar-refractivity contribution < 1.29 is 9.59 Å². The molecular weight excluding hydrogens is 242 g/mol. The smallest absolute Gasteiger partial charge is 0.250 e. The molecule has 0 aromatic heterocycles. The number of amides is 1. The van der Waals surface area contributed by atoms with Gasteiger partial charge in [0.1, 0.15) is 0 Å². The van der Waals surface area contributed by atoms with E-state index in [4.69, 9.17) is 17.2 Å². The molecule has 0 spiro atoms. The zero-order valence-electron chi connectivity index (χ0n) is 10.1. The van der Waals surface area contributed by atoms with Crippen LogP contribution < -0.4 is 17.2 Å². The minimum atomic E-state index is -0.621. The summed E-state index contributed by atoms with van der Waals surface area (Å²) in [4.78, 5) is 23.2. The van der Waals surface area contributed by atoms with Crippen molar-refractivity contribution in [1.82, 2.24) is 0 Å². The molecule has 0 saturated heterocycles. The molecule has 19 heavy (non-hydrogen) atoms. The summed E-state index contributed by atoms with van der Waals surface area (Å²) in [6, 6.07) is 11.0. The first-order valence-electron chi connectivity index (χ1n) is 5.58. The first-order chi connectivity index (χ1) is 8.99. The van der Waals surface area contributed by atoms with Crippen molar-refractivity contribution in [1.29, 1.82) is 0 Å². The molecule has 0 unspecified atom stereocenters. The van der Waals surface area contributed by atoms with E-state index in [0.717, 1.165) is 0 Å². The van der Waals surface area contributed by atoms with Gasteiger partial charge < -0.3 is 17.2 Å². The fraction of sp³-hybridized carbons (Fsp3) is 0. The second kappa shape index (κ2) is 4.81. The zero-order chi connectivity index (χ0) is 14.0. The monoisotopic (exact) mass is 255 g/mol. The van der Waals surface area contributed by atoms with Gasteiger partial charge in [0.2, 0.25) is 0 Å². The highest BCUT2D eigenvalue weighted by Crippen LogP contribution is 2.17. The average molecular weight is 255 g/mol. The number of primary amides is 1. The summed E-state index contributed by atoms with van der Waals surface area (Å²) in [5.41, 5.74) is 18.3. The van der Waals surface area contributed by atoms with Crippen LogP contribution >= 0.6 is 0 Å². The molecule has 2 rings (SSSR count). The summed E-state index contributed by atoms with van der Waals surface area (Å²) >= 11 is 0. The van der Waals surface area contributed by atoms with Crippen molar-refractivity contribution >= 4 is 23.1 Å². The molecule has 2 aromatic rings. The Bertz CT molecular complexity index is 648. The van der Waals surface area contributed by atoms with E-state index in [1.54, 1.807) is 24.3 Å². The molecule has 2 aromatic carbocycles. The van der Waals surface area contributed by atoms with Gasteiger partial charge in [-0.15, -0.1) is 0 Å². The molecule has 0 aliphatic heterocycles. The first-order valence-corrected chi connectivity index (χ1v) is 5.58. The maximum atomic E-state index is 12.2. The molecule has 0 atom stereocenters. The lowest BCUT2D eigenvalue weighted by Crippen LogP contribution is -2.14. The Morgan fingerprint density at radius 1 is 0.842 bits per heavy atom. The molecular formula is C14H13N3O2. The number of carbonyl (C=O) groups is 2. The Balaban J connectivity index is 2.37. The fourth-order valence-corrected chi connectivity index (χ4v) is 1.73. The molecule has 1 amide bonds. The lowest BCUT2D eigenvalue weighted by Gasteiger charge is -2.05. The van der Waals surface area contributed by atoms with Crippen LogP contribution in [0.2, 0.25) is 0 Å². The number of rotatable bonds is 3. The molecule has 0 fully saturated rings. The second-order valence-corrected chi connectivity index (χ2v) is 4.12. The normalized spacial score (nSPS) is 10.1. The van der Waals surface area contributed by atoms with Crippen LogP contribution in [0.15, 0.2) is 42.5 Å². The first kappa shape index (κ1) is 12.6. The largest absolute Gasteiger partial charge is 0.399 e. The summed E-state index contributed by atoms with van der Waals surface area (Å²) < 4.78 is 0. The van der Waals surface area contributed by atoms with Gasteiger partial charge in [0, 0.05) is 22.5 Å². The molecule has 96 valence electrons. The lowest BCUT2D eigenvalue weighted by atomic mass is 10.0.